The van der Waals surface area contributed by atoms with Crippen molar-refractivity contribution in [2.45, 2.75) is 20.5 Å². The van der Waals surface area contributed by atoms with Crippen molar-refractivity contribution in [3.63, 3.8) is 0 Å². The summed E-state index contributed by atoms with van der Waals surface area (Å²) in [5, 5.41) is 0.612. The summed E-state index contributed by atoms with van der Waals surface area (Å²) >= 11 is 6.13. The minimum absolute atomic E-state index is 0.262. The van der Waals surface area contributed by atoms with Crippen LogP contribution in [-0.2, 0) is 6.61 Å². The van der Waals surface area contributed by atoms with Crippen molar-refractivity contribution in [3.8, 4) is 5.75 Å². The van der Waals surface area contributed by atoms with Crippen molar-refractivity contribution in [3.05, 3.63) is 93.8 Å². The molecule has 0 aliphatic heterocycles. The van der Waals surface area contributed by atoms with Gasteiger partial charge in [0.05, 0.1) is 5.69 Å². The van der Waals surface area contributed by atoms with Gasteiger partial charge in [-0.15, -0.1) is 0 Å². The van der Waals surface area contributed by atoms with Crippen LogP contribution in [0.3, 0.4) is 0 Å². The molecule has 0 amide bonds. The van der Waals surface area contributed by atoms with Gasteiger partial charge in [-0.25, -0.2) is 4.39 Å². The Hall–Kier alpha value is -2.65. The Kier molecular flexibility index (Phi) is 5.69. The summed E-state index contributed by atoms with van der Waals surface area (Å²) in [6.07, 6.45) is 1.75. The maximum absolute atomic E-state index is 13.0. The minimum Gasteiger partial charge on any atom is -0.488 e. The minimum atomic E-state index is -0.262. The molecule has 0 fully saturated rings. The Bertz CT molecular complexity index is 935. The zero-order chi connectivity index (χ0) is 18.5. The number of nitrogens with zero attached hydrogens (tertiary/aromatic N) is 1. The monoisotopic (exact) mass is 367 g/mol. The first-order valence-corrected chi connectivity index (χ1v) is 8.67. The molecule has 2 nitrogen and oxygen atoms in total. The Morgan fingerprint density at radius 1 is 1.00 bits per heavy atom. The molecule has 0 bridgehead atoms. The van der Waals surface area contributed by atoms with Gasteiger partial charge in [-0.3, -0.25) is 4.99 Å². The molecule has 3 aromatic carbocycles. The maximum Gasteiger partial charge on any atom is 0.128 e. The van der Waals surface area contributed by atoms with E-state index in [-0.39, 0.29) is 5.82 Å². The lowest BCUT2D eigenvalue weighted by atomic mass is 10.1. The summed E-state index contributed by atoms with van der Waals surface area (Å²) in [6.45, 7) is 4.43. The Morgan fingerprint density at radius 2 is 1.77 bits per heavy atom. The topological polar surface area (TPSA) is 21.6 Å². The molecule has 0 aromatic heterocycles. The smallest absolute Gasteiger partial charge is 0.128 e. The molecule has 0 spiro atoms. The van der Waals surface area contributed by atoms with Gasteiger partial charge in [0.25, 0.3) is 0 Å². The van der Waals surface area contributed by atoms with Crippen molar-refractivity contribution in [1.29, 1.82) is 0 Å². The van der Waals surface area contributed by atoms with Gasteiger partial charge < -0.3 is 4.74 Å². The molecule has 0 heterocycles. The van der Waals surface area contributed by atoms with Crippen LogP contribution in [0.2, 0.25) is 5.02 Å². The van der Waals surface area contributed by atoms with E-state index in [1.807, 2.05) is 31.2 Å². The molecule has 0 aliphatic carbocycles. The Balaban J connectivity index is 1.81. The first-order valence-electron chi connectivity index (χ1n) is 8.29. The van der Waals surface area contributed by atoms with Gasteiger partial charge in [-0.1, -0.05) is 41.4 Å². The van der Waals surface area contributed by atoms with Crippen LogP contribution in [0.4, 0.5) is 10.1 Å². The van der Waals surface area contributed by atoms with Crippen molar-refractivity contribution in [2.24, 2.45) is 4.99 Å². The largest absolute Gasteiger partial charge is 0.488 e. The SMILES string of the molecule is Cc1ccc(N=Cc2cc(Cl)ccc2OCc2ccc(F)cc2)c(C)c1. The van der Waals surface area contributed by atoms with Crippen LogP contribution in [0, 0.1) is 19.7 Å². The highest BCUT2D eigenvalue weighted by atomic mass is 35.5. The van der Waals surface area contributed by atoms with Gasteiger partial charge in [0.1, 0.15) is 18.2 Å². The van der Waals surface area contributed by atoms with E-state index in [2.05, 4.69) is 18.0 Å². The van der Waals surface area contributed by atoms with Gasteiger partial charge in [0.2, 0.25) is 0 Å². The van der Waals surface area contributed by atoms with E-state index in [1.165, 1.54) is 17.7 Å². The number of halogens is 2. The van der Waals surface area contributed by atoms with Gasteiger partial charge in [0, 0.05) is 16.8 Å². The van der Waals surface area contributed by atoms with Gasteiger partial charge in [0.15, 0.2) is 0 Å². The van der Waals surface area contributed by atoms with Crippen molar-refractivity contribution in [2.75, 3.05) is 0 Å². The Morgan fingerprint density at radius 3 is 2.50 bits per heavy atom. The van der Waals surface area contributed by atoms with Crippen LogP contribution < -0.4 is 4.74 Å². The average Bonchev–Trinajstić information content (AvgIpc) is 2.61. The van der Waals surface area contributed by atoms with Crippen LogP contribution in [0.5, 0.6) is 5.75 Å². The first kappa shape index (κ1) is 18.2. The summed E-state index contributed by atoms with van der Waals surface area (Å²) < 4.78 is 18.9. The molecule has 0 N–H and O–H groups in total. The number of benzene rings is 3. The predicted octanol–water partition coefficient (Wildman–Crippen LogP) is 6.43. The lowest BCUT2D eigenvalue weighted by Gasteiger charge is -2.10. The van der Waals surface area contributed by atoms with Crippen LogP contribution in [-0.4, -0.2) is 6.21 Å². The van der Waals surface area contributed by atoms with E-state index >= 15 is 0 Å². The maximum atomic E-state index is 13.0. The summed E-state index contributed by atoms with van der Waals surface area (Å²) in [4.78, 5) is 4.57. The third-order valence-corrected chi connectivity index (χ3v) is 4.21. The zero-order valence-electron chi connectivity index (χ0n) is 14.7. The second-order valence-corrected chi connectivity index (χ2v) is 6.58. The molecule has 0 aliphatic rings. The van der Waals surface area contributed by atoms with E-state index in [0.717, 1.165) is 22.4 Å². The average molecular weight is 368 g/mol. The third-order valence-electron chi connectivity index (χ3n) is 3.97. The molecule has 0 radical (unpaired) electrons. The molecule has 0 unspecified atom stereocenters. The summed E-state index contributed by atoms with van der Waals surface area (Å²) in [5.74, 6) is 0.411. The van der Waals surface area contributed by atoms with Crippen molar-refractivity contribution in [1.82, 2.24) is 0 Å². The summed E-state index contributed by atoms with van der Waals surface area (Å²) in [6, 6.07) is 17.8. The third kappa shape index (κ3) is 4.70. The molecule has 3 rings (SSSR count). The van der Waals surface area contributed by atoms with Crippen LogP contribution >= 0.6 is 11.6 Å². The lowest BCUT2D eigenvalue weighted by Crippen LogP contribution is -1.98. The van der Waals surface area contributed by atoms with Gasteiger partial charge >= 0.3 is 0 Å². The van der Waals surface area contributed by atoms with Crippen molar-refractivity contribution < 1.29 is 9.13 Å². The normalized spacial score (nSPS) is 11.1. The fraction of sp³-hybridized carbons (Fsp3) is 0.136. The number of hydrogen-bond donors (Lipinski definition) is 0. The standard InChI is InChI=1S/C22H19ClFNO/c1-15-3-9-21(16(2)11-15)25-13-18-12-19(23)6-10-22(18)26-14-17-4-7-20(24)8-5-17/h3-13H,14H2,1-2H3. The van der Waals surface area contributed by atoms with E-state index in [4.69, 9.17) is 16.3 Å². The zero-order valence-corrected chi connectivity index (χ0v) is 15.4. The number of ether oxygens (including phenoxy) is 1. The van der Waals surface area contributed by atoms with Gasteiger partial charge in [-0.05, 0) is 61.4 Å². The second kappa shape index (κ2) is 8.15. The molecule has 0 saturated carbocycles. The highest BCUT2D eigenvalue weighted by molar-refractivity contribution is 6.30. The highest BCUT2D eigenvalue weighted by Crippen LogP contribution is 2.25. The lowest BCUT2D eigenvalue weighted by molar-refractivity contribution is 0.305. The van der Waals surface area contributed by atoms with Crippen LogP contribution in [0.15, 0.2) is 65.7 Å². The molecule has 3 aromatic rings. The molecule has 26 heavy (non-hydrogen) atoms. The summed E-state index contributed by atoms with van der Waals surface area (Å²) in [5.41, 5.74) is 4.89. The van der Waals surface area contributed by atoms with Gasteiger partial charge in [-0.2, -0.15) is 0 Å². The van der Waals surface area contributed by atoms with Crippen LogP contribution in [0.25, 0.3) is 0 Å². The number of aryl methyl sites for hydroxylation is 2. The quantitative estimate of drug-likeness (QED) is 0.476. The predicted molar refractivity (Wildman–Crippen MR) is 105 cm³/mol. The highest BCUT2D eigenvalue weighted by Gasteiger charge is 2.05. The van der Waals surface area contributed by atoms with Crippen LogP contribution in [0.1, 0.15) is 22.3 Å². The summed E-state index contributed by atoms with van der Waals surface area (Å²) in [7, 11) is 0. The van der Waals surface area contributed by atoms with Crippen molar-refractivity contribution >= 4 is 23.5 Å². The molecule has 132 valence electrons. The number of hydrogen-bond acceptors (Lipinski definition) is 2. The molecule has 0 atom stereocenters. The molecular formula is C22H19ClFNO. The fourth-order valence-corrected chi connectivity index (χ4v) is 2.76. The molecule has 0 saturated heterocycles. The second-order valence-electron chi connectivity index (χ2n) is 6.15. The fourth-order valence-electron chi connectivity index (χ4n) is 2.58. The van der Waals surface area contributed by atoms with E-state index in [9.17, 15) is 4.39 Å². The van der Waals surface area contributed by atoms with E-state index in [1.54, 1.807) is 24.4 Å². The number of rotatable bonds is 5. The van der Waals surface area contributed by atoms with E-state index < -0.39 is 0 Å². The first-order chi connectivity index (χ1) is 12.5. The molecular weight excluding hydrogens is 349 g/mol. The molecule has 4 heteroatoms. The van der Waals surface area contributed by atoms with E-state index in [0.29, 0.717) is 17.4 Å². The number of aliphatic imine (C=N–C) groups is 1. The Labute approximate surface area is 157 Å².